The van der Waals surface area contributed by atoms with Crippen molar-refractivity contribution in [3.63, 3.8) is 0 Å². The highest BCUT2D eigenvalue weighted by molar-refractivity contribution is 6.49. The fourth-order valence-electron chi connectivity index (χ4n) is 1.83. The lowest BCUT2D eigenvalue weighted by atomic mass is 9.92. The number of Topliss-reactive ketones (excluding diaryl/α,β-unsaturated/α-hetero) is 2. The minimum absolute atomic E-state index is 0.0630. The van der Waals surface area contributed by atoms with Crippen molar-refractivity contribution < 1.29 is 14.3 Å². The minimum Gasteiger partial charge on any atom is -0.380 e. The van der Waals surface area contributed by atoms with Crippen LogP contribution >= 0.6 is 11.6 Å². The summed E-state index contributed by atoms with van der Waals surface area (Å²) in [5, 5.41) is 2.83. The van der Waals surface area contributed by atoms with Gasteiger partial charge in [0.25, 0.3) is 0 Å². The molecule has 0 aromatic heterocycles. The van der Waals surface area contributed by atoms with Crippen LogP contribution in [0.15, 0.2) is 35.0 Å². The van der Waals surface area contributed by atoms with E-state index in [2.05, 4.69) is 5.32 Å². The van der Waals surface area contributed by atoms with Gasteiger partial charge < -0.3 is 10.1 Å². The first-order valence-electron chi connectivity index (χ1n) is 5.91. The summed E-state index contributed by atoms with van der Waals surface area (Å²) in [6.07, 6.45) is -0.0861. The number of allylic oxidation sites excluding steroid dienone is 2. The number of nitrogens with one attached hydrogen (secondary N) is 1. The summed E-state index contributed by atoms with van der Waals surface area (Å²) in [5.41, 5.74) is 0.876. The summed E-state index contributed by atoms with van der Waals surface area (Å²) in [7, 11) is 1.57. The Kier molecular flexibility index (Phi) is 4.02. The van der Waals surface area contributed by atoms with E-state index in [-0.39, 0.29) is 28.4 Å². The second kappa shape index (κ2) is 5.55. The van der Waals surface area contributed by atoms with Crippen LogP contribution in [0, 0.1) is 0 Å². The Morgan fingerprint density at radius 2 is 1.79 bits per heavy atom. The molecule has 1 unspecified atom stereocenters. The molecule has 0 amide bonds. The lowest BCUT2D eigenvalue weighted by Gasteiger charge is -2.20. The maximum Gasteiger partial charge on any atom is 0.211 e. The average molecular weight is 280 g/mol. The van der Waals surface area contributed by atoms with Crippen LogP contribution in [0.5, 0.6) is 0 Å². The lowest BCUT2D eigenvalue weighted by Crippen LogP contribution is -2.33. The van der Waals surface area contributed by atoms with E-state index in [0.29, 0.717) is 17.7 Å². The molecule has 0 aliphatic heterocycles. The van der Waals surface area contributed by atoms with Crippen LogP contribution in [0.25, 0.3) is 0 Å². The molecule has 0 saturated carbocycles. The largest absolute Gasteiger partial charge is 0.380 e. The van der Waals surface area contributed by atoms with Gasteiger partial charge in [0, 0.05) is 24.8 Å². The van der Waals surface area contributed by atoms with Gasteiger partial charge in [-0.15, -0.1) is 0 Å². The summed E-state index contributed by atoms with van der Waals surface area (Å²) >= 11 is 5.99. The summed E-state index contributed by atoms with van der Waals surface area (Å²) in [6, 6.07) is 6.66. The summed E-state index contributed by atoms with van der Waals surface area (Å²) in [4.78, 5) is 24.3. The molecule has 2 rings (SSSR count). The molecule has 19 heavy (non-hydrogen) atoms. The molecule has 0 bridgehead atoms. The first kappa shape index (κ1) is 13.8. The highest BCUT2D eigenvalue weighted by Crippen LogP contribution is 2.27. The average Bonchev–Trinajstić information content (AvgIpc) is 2.44. The van der Waals surface area contributed by atoms with Gasteiger partial charge >= 0.3 is 0 Å². The lowest BCUT2D eigenvalue weighted by molar-refractivity contribution is 0.0961. The molecule has 1 atom stereocenters. The van der Waals surface area contributed by atoms with E-state index < -0.39 is 0 Å². The number of rotatable bonds is 4. The van der Waals surface area contributed by atoms with Crippen LogP contribution in [-0.4, -0.2) is 31.3 Å². The first-order valence-corrected chi connectivity index (χ1v) is 6.29. The molecule has 100 valence electrons. The smallest absolute Gasteiger partial charge is 0.211 e. The van der Waals surface area contributed by atoms with Gasteiger partial charge in [-0.05, 0) is 6.92 Å². The molecule has 0 spiro atoms. The van der Waals surface area contributed by atoms with Gasteiger partial charge in [0.15, 0.2) is 0 Å². The van der Waals surface area contributed by atoms with Crippen LogP contribution in [0.3, 0.4) is 0 Å². The molecule has 1 aromatic carbocycles. The second-order valence-electron chi connectivity index (χ2n) is 4.32. The number of hydrogen-bond donors (Lipinski definition) is 1. The number of benzene rings is 1. The van der Waals surface area contributed by atoms with Crippen LogP contribution in [0.4, 0.5) is 0 Å². The number of carbonyl (C=O) groups is 2. The van der Waals surface area contributed by atoms with Crippen molar-refractivity contribution in [2.45, 2.75) is 13.0 Å². The van der Waals surface area contributed by atoms with Gasteiger partial charge in [0.2, 0.25) is 11.6 Å². The van der Waals surface area contributed by atoms with Crippen molar-refractivity contribution in [2.75, 3.05) is 13.7 Å². The van der Waals surface area contributed by atoms with E-state index in [9.17, 15) is 9.59 Å². The number of ether oxygens (including phenoxy) is 1. The summed E-state index contributed by atoms with van der Waals surface area (Å²) < 4.78 is 5.08. The fourth-order valence-corrected chi connectivity index (χ4v) is 2.09. The zero-order valence-electron chi connectivity index (χ0n) is 10.7. The highest BCUT2D eigenvalue weighted by Gasteiger charge is 2.31. The topological polar surface area (TPSA) is 55.4 Å². The van der Waals surface area contributed by atoms with Crippen molar-refractivity contribution in [3.8, 4) is 0 Å². The minimum atomic E-state index is -0.329. The Hall–Kier alpha value is -1.65. The number of halogens is 1. The highest BCUT2D eigenvalue weighted by atomic mass is 35.5. The Morgan fingerprint density at radius 1 is 1.21 bits per heavy atom. The molecular formula is C14H14ClNO3. The molecular weight excluding hydrogens is 266 g/mol. The number of methoxy groups -OCH3 is 1. The zero-order valence-corrected chi connectivity index (χ0v) is 11.5. The molecule has 1 aromatic rings. The molecule has 5 heteroatoms. The summed E-state index contributed by atoms with van der Waals surface area (Å²) in [6.45, 7) is 2.26. The molecule has 1 N–H and O–H groups in total. The van der Waals surface area contributed by atoms with Gasteiger partial charge in [-0.2, -0.15) is 0 Å². The standard InChI is InChI=1S/C14H14ClNO3/c1-8(19-2)7-16-12-11(15)13(17)9-5-3-4-6-10(9)14(12)18/h3-6,8,16H,7H2,1-2H3. The maximum absolute atomic E-state index is 12.3. The van der Waals surface area contributed by atoms with Crippen LogP contribution in [-0.2, 0) is 4.74 Å². The second-order valence-corrected chi connectivity index (χ2v) is 4.70. The third-order valence-corrected chi connectivity index (χ3v) is 3.39. The number of carbonyl (C=O) groups excluding carboxylic acids is 2. The Bertz CT molecular complexity index is 566. The molecule has 4 nitrogen and oxygen atoms in total. The number of hydrogen-bond acceptors (Lipinski definition) is 4. The summed E-state index contributed by atoms with van der Waals surface area (Å²) in [5.74, 6) is -0.590. The van der Waals surface area contributed by atoms with E-state index >= 15 is 0 Å². The third kappa shape index (κ3) is 2.55. The van der Waals surface area contributed by atoms with Gasteiger partial charge in [0.05, 0.1) is 6.10 Å². The van der Waals surface area contributed by atoms with Crippen molar-refractivity contribution in [1.82, 2.24) is 5.32 Å². The molecule has 0 saturated heterocycles. The van der Waals surface area contributed by atoms with Gasteiger partial charge in [-0.25, -0.2) is 0 Å². The molecule has 0 heterocycles. The Morgan fingerprint density at radius 3 is 2.37 bits per heavy atom. The molecule has 0 fully saturated rings. The molecule has 1 aliphatic carbocycles. The Balaban J connectivity index is 2.32. The van der Waals surface area contributed by atoms with E-state index in [4.69, 9.17) is 16.3 Å². The third-order valence-electron chi connectivity index (χ3n) is 3.03. The monoisotopic (exact) mass is 279 g/mol. The fraction of sp³-hybridized carbons (Fsp3) is 0.286. The quantitative estimate of drug-likeness (QED) is 0.917. The van der Waals surface area contributed by atoms with E-state index in [1.165, 1.54) is 0 Å². The zero-order chi connectivity index (χ0) is 14.0. The SMILES string of the molecule is COC(C)CNC1=C(Cl)C(=O)c2ccccc2C1=O. The molecule has 1 aliphatic rings. The van der Waals surface area contributed by atoms with E-state index in [1.807, 2.05) is 6.92 Å². The van der Waals surface area contributed by atoms with Gasteiger partial charge in [0.1, 0.15) is 10.7 Å². The van der Waals surface area contributed by atoms with Crippen molar-refractivity contribution in [3.05, 3.63) is 46.1 Å². The van der Waals surface area contributed by atoms with Gasteiger partial charge in [-0.3, -0.25) is 9.59 Å². The van der Waals surface area contributed by atoms with Crippen LogP contribution < -0.4 is 5.32 Å². The number of fused-ring (bicyclic) bond motifs is 1. The van der Waals surface area contributed by atoms with Crippen molar-refractivity contribution in [2.24, 2.45) is 0 Å². The van der Waals surface area contributed by atoms with E-state index in [0.717, 1.165) is 0 Å². The first-order chi connectivity index (χ1) is 9.06. The van der Waals surface area contributed by atoms with Crippen LogP contribution in [0.1, 0.15) is 27.6 Å². The van der Waals surface area contributed by atoms with Crippen molar-refractivity contribution in [1.29, 1.82) is 0 Å². The van der Waals surface area contributed by atoms with Gasteiger partial charge in [-0.1, -0.05) is 35.9 Å². The molecule has 0 radical (unpaired) electrons. The Labute approximate surface area is 116 Å². The van der Waals surface area contributed by atoms with Crippen molar-refractivity contribution >= 4 is 23.2 Å². The predicted octanol–water partition coefficient (Wildman–Crippen LogP) is 2.14. The number of ketones is 2. The predicted molar refractivity (Wildman–Crippen MR) is 72.5 cm³/mol. The normalized spacial score (nSPS) is 16.4. The van der Waals surface area contributed by atoms with Crippen LogP contribution in [0.2, 0.25) is 0 Å². The maximum atomic E-state index is 12.3. The van der Waals surface area contributed by atoms with E-state index in [1.54, 1.807) is 31.4 Å².